The maximum absolute atomic E-state index is 9.67. The zero-order valence-corrected chi connectivity index (χ0v) is 4.36. The van der Waals surface area contributed by atoms with Crippen molar-refractivity contribution < 1.29 is 27.5 Å². The molecule has 0 aromatic carbocycles. The average Bonchev–Trinajstić information content (AvgIpc) is 1.25. The zero-order valence-electron chi connectivity index (χ0n) is 3.46. The summed E-state index contributed by atoms with van der Waals surface area (Å²) in [5.41, 5.74) is 0. The summed E-state index contributed by atoms with van der Waals surface area (Å²) in [7, 11) is -2.87. The fourth-order valence-electron chi connectivity index (χ4n) is 0. The van der Waals surface area contributed by atoms with Gasteiger partial charge in [-0.2, -0.15) is 13.2 Å². The van der Waals surface area contributed by atoms with Gasteiger partial charge in [0.25, 0.3) is 0 Å². The molecule has 2 N–H and O–H groups in total. The number of hydrogen-bond donors (Lipinski definition) is 2. The fourth-order valence-corrected chi connectivity index (χ4v) is 0. The molecule has 0 rings (SSSR count). The quantitative estimate of drug-likeness (QED) is 0.503. The van der Waals surface area contributed by atoms with Crippen molar-refractivity contribution in [3.63, 3.8) is 0 Å². The molecule has 3 nitrogen and oxygen atoms in total. The van der Waals surface area contributed by atoms with E-state index in [1.54, 1.807) is 0 Å². The monoisotopic (exact) mass is 151 g/mol. The van der Waals surface area contributed by atoms with Crippen molar-refractivity contribution in [2.24, 2.45) is 0 Å². The minimum atomic E-state index is -3.67. The molecular weight excluding hydrogens is 148 g/mol. The van der Waals surface area contributed by atoms with Gasteiger partial charge in [0.1, 0.15) is 0 Å². The first-order chi connectivity index (χ1) is 3.46. The molecule has 0 atom stereocenters. The normalized spacial score (nSPS) is 7.75. The summed E-state index contributed by atoms with van der Waals surface area (Å²) in [5.74, 6) is 0. The third-order valence-corrected chi connectivity index (χ3v) is 0. The van der Waals surface area contributed by atoms with Crippen LogP contribution in [0.2, 0.25) is 0 Å². The first kappa shape index (κ1) is 10.7. The lowest BCUT2D eigenvalue weighted by molar-refractivity contribution is 0.00819. The molecule has 0 saturated carbocycles. The van der Waals surface area contributed by atoms with E-state index in [1.807, 2.05) is 0 Å². The minimum Gasteiger partial charge on any atom is -0.174 e. The maximum Gasteiger partial charge on any atom is 0.692 e. The maximum atomic E-state index is 9.67. The van der Waals surface area contributed by atoms with Gasteiger partial charge in [0.05, 0.1) is 0 Å². The summed E-state index contributed by atoms with van der Waals surface area (Å²) in [6, 6.07) is 0. The predicted molar refractivity (Wildman–Crippen MR) is 19.2 cm³/mol. The smallest absolute Gasteiger partial charge is 0.174 e. The van der Waals surface area contributed by atoms with Crippen LogP contribution in [0, 0.1) is 0 Å². The van der Waals surface area contributed by atoms with E-state index >= 15 is 0 Å². The summed E-state index contributed by atoms with van der Waals surface area (Å²) in [6.07, 6.45) is 0. The van der Waals surface area contributed by atoms with Gasteiger partial charge < -0.3 is 0 Å². The Hall–Kier alpha value is -0.190. The lowest BCUT2D eigenvalue weighted by Crippen LogP contribution is -1.65. The Morgan fingerprint density at radius 3 is 1.25 bits per heavy atom. The topological polar surface area (TPSA) is 57.5 Å². The van der Waals surface area contributed by atoms with Crippen molar-refractivity contribution in [1.29, 1.82) is 0 Å². The Morgan fingerprint density at radius 1 is 1.25 bits per heavy atom. The second-order valence-electron chi connectivity index (χ2n) is 0.500. The Kier molecular flexibility index (Phi) is 9.13. The van der Waals surface area contributed by atoms with E-state index in [-0.39, 0.29) is 0 Å². The van der Waals surface area contributed by atoms with Crippen LogP contribution in [0.25, 0.3) is 0 Å². The molecule has 0 amide bonds. The largest absolute Gasteiger partial charge is 0.692 e. The van der Waals surface area contributed by atoms with E-state index in [0.717, 1.165) is 0 Å². The van der Waals surface area contributed by atoms with Gasteiger partial charge in [-0.15, -0.1) is 9.79 Å². The molecule has 0 heterocycles. The highest BCUT2D eigenvalue weighted by atomic mass is 31.1. The summed E-state index contributed by atoms with van der Waals surface area (Å²) in [4.78, 5) is 14.2. The third kappa shape index (κ3) is 3720. The van der Waals surface area contributed by atoms with Crippen LogP contribution in [0.5, 0.6) is 0 Å². The van der Waals surface area contributed by atoms with Crippen LogP contribution < -0.4 is 0 Å². The summed E-state index contributed by atoms with van der Waals surface area (Å²) in [6.45, 7) is -3.67. The molecule has 0 aliphatic carbocycles. The minimum absolute atomic E-state index is 2.87. The van der Waals surface area contributed by atoms with Gasteiger partial charge in [-0.25, -0.2) is 0 Å². The van der Waals surface area contributed by atoms with E-state index in [1.165, 1.54) is 0 Å². The van der Waals surface area contributed by atoms with Crippen LogP contribution in [-0.2, 0) is 4.57 Å². The van der Waals surface area contributed by atoms with Crippen molar-refractivity contribution in [2.45, 2.75) is 6.68 Å². The van der Waals surface area contributed by atoms with Crippen LogP contribution in [0.15, 0.2) is 0 Å². The van der Waals surface area contributed by atoms with E-state index in [2.05, 4.69) is 0 Å². The van der Waals surface area contributed by atoms with Gasteiger partial charge in [0.15, 0.2) is 0 Å². The van der Waals surface area contributed by atoms with Crippen molar-refractivity contribution in [3.8, 4) is 0 Å². The van der Waals surface area contributed by atoms with Crippen molar-refractivity contribution in [1.82, 2.24) is 0 Å². The van der Waals surface area contributed by atoms with E-state index in [9.17, 15) is 13.2 Å². The second kappa shape index (κ2) is 6.81. The van der Waals surface area contributed by atoms with E-state index < -0.39 is 14.9 Å². The average molecular weight is 151 g/mol. The third-order valence-electron chi connectivity index (χ3n) is 0. The molecular formula is CH3F3O3P+. The van der Waals surface area contributed by atoms with Crippen LogP contribution in [0.1, 0.15) is 0 Å². The Labute approximate surface area is 43.7 Å². The first-order valence-corrected chi connectivity index (χ1v) is 2.40. The number of hydrogen-bond acceptors (Lipinski definition) is 1. The second-order valence-corrected chi connectivity index (χ2v) is 1.01. The molecule has 0 unspecified atom stereocenters. The van der Waals surface area contributed by atoms with E-state index in [4.69, 9.17) is 14.4 Å². The summed E-state index contributed by atoms with van der Waals surface area (Å²) < 4.78 is 37.7. The highest BCUT2D eigenvalue weighted by Gasteiger charge is 1.93. The molecule has 50 valence electrons. The van der Waals surface area contributed by atoms with Crippen LogP contribution in [-0.4, -0.2) is 16.5 Å². The molecule has 0 bridgehead atoms. The predicted octanol–water partition coefficient (Wildman–Crippen LogP) is 0.807. The number of rotatable bonds is 0. The molecule has 0 radical (unpaired) electrons. The highest BCUT2D eigenvalue weighted by molar-refractivity contribution is 7.30. The van der Waals surface area contributed by atoms with Gasteiger partial charge in [0.2, 0.25) is 0 Å². The van der Waals surface area contributed by atoms with Crippen molar-refractivity contribution >= 4 is 8.25 Å². The highest BCUT2D eigenvalue weighted by Crippen LogP contribution is 1.98. The molecule has 7 heteroatoms. The van der Waals surface area contributed by atoms with Crippen LogP contribution >= 0.6 is 8.25 Å². The lowest BCUT2D eigenvalue weighted by Gasteiger charge is -1.65. The number of halogens is 3. The number of alkyl halides is 3. The Balaban J connectivity index is 0. The molecule has 0 aliphatic heterocycles. The first-order valence-electron chi connectivity index (χ1n) is 1.24. The molecule has 0 fully saturated rings. The van der Waals surface area contributed by atoms with Gasteiger partial charge in [-0.3, -0.25) is 0 Å². The molecule has 0 aromatic rings. The molecule has 0 aliphatic rings. The van der Waals surface area contributed by atoms with Gasteiger partial charge in [0, 0.05) is 4.57 Å². The Morgan fingerprint density at radius 2 is 1.25 bits per heavy atom. The fraction of sp³-hybridized carbons (Fsp3) is 1.00. The lowest BCUT2D eigenvalue weighted by atomic mass is 11.6. The molecule has 0 aromatic heterocycles. The molecule has 0 saturated heterocycles. The summed E-state index contributed by atoms with van der Waals surface area (Å²) >= 11 is 0. The van der Waals surface area contributed by atoms with Crippen LogP contribution in [0.3, 0.4) is 0 Å². The summed E-state index contributed by atoms with van der Waals surface area (Å²) in [5, 5.41) is 0. The van der Waals surface area contributed by atoms with Crippen molar-refractivity contribution in [2.75, 3.05) is 0 Å². The van der Waals surface area contributed by atoms with Gasteiger partial charge in [-0.05, 0) is 0 Å². The Bertz CT molecular complexity index is 58.8. The van der Waals surface area contributed by atoms with Gasteiger partial charge in [-0.1, -0.05) is 0 Å². The van der Waals surface area contributed by atoms with Crippen LogP contribution in [0.4, 0.5) is 13.2 Å². The molecule has 0 spiro atoms. The molecule has 8 heavy (non-hydrogen) atoms. The van der Waals surface area contributed by atoms with Crippen molar-refractivity contribution in [3.05, 3.63) is 0 Å². The zero-order chi connectivity index (χ0) is 7.15. The van der Waals surface area contributed by atoms with E-state index in [0.29, 0.717) is 0 Å². The standard InChI is InChI=1S/CHF3.HO3P/c2-1(3)4;1-4(2)3/h1H;(H-,1,2,3)/p+1. The SMILES string of the molecule is FC(F)F.O=[P+](O)O. The van der Waals surface area contributed by atoms with Gasteiger partial charge >= 0.3 is 14.9 Å².